The van der Waals surface area contributed by atoms with E-state index in [0.717, 1.165) is 45.6 Å². The highest BCUT2D eigenvalue weighted by Crippen LogP contribution is 2.20. The fourth-order valence-corrected chi connectivity index (χ4v) is 3.58. The number of rotatable bonds is 7. The van der Waals surface area contributed by atoms with E-state index in [9.17, 15) is 4.79 Å². The molecule has 1 aliphatic rings. The topological polar surface area (TPSA) is 35.6 Å². The molecular formula is C20H33N3O. The lowest BCUT2D eigenvalue weighted by atomic mass is 9.91. The molecule has 0 spiro atoms. The van der Waals surface area contributed by atoms with Gasteiger partial charge in [0.15, 0.2) is 0 Å². The van der Waals surface area contributed by atoms with Gasteiger partial charge in [0.25, 0.3) is 0 Å². The van der Waals surface area contributed by atoms with Gasteiger partial charge in [-0.15, -0.1) is 0 Å². The van der Waals surface area contributed by atoms with E-state index in [-0.39, 0.29) is 17.2 Å². The van der Waals surface area contributed by atoms with Gasteiger partial charge in [0, 0.05) is 25.6 Å². The minimum atomic E-state index is 0.104. The van der Waals surface area contributed by atoms with E-state index < -0.39 is 0 Å². The van der Waals surface area contributed by atoms with Crippen molar-refractivity contribution in [3.05, 3.63) is 35.9 Å². The Morgan fingerprint density at radius 2 is 1.83 bits per heavy atom. The second-order valence-electron chi connectivity index (χ2n) is 8.16. The molecule has 2 rings (SSSR count). The Labute approximate surface area is 147 Å². The third kappa shape index (κ3) is 6.25. The maximum Gasteiger partial charge on any atom is 0.223 e. The summed E-state index contributed by atoms with van der Waals surface area (Å²) in [4.78, 5) is 17.1. The van der Waals surface area contributed by atoms with Crippen LogP contribution in [0.15, 0.2) is 30.3 Å². The van der Waals surface area contributed by atoms with Crippen LogP contribution in [0, 0.1) is 11.3 Å². The van der Waals surface area contributed by atoms with Crippen LogP contribution in [0.1, 0.15) is 32.3 Å². The predicted octanol–water partition coefficient (Wildman–Crippen LogP) is 2.60. The van der Waals surface area contributed by atoms with Crippen LogP contribution >= 0.6 is 0 Å². The number of amides is 1. The van der Waals surface area contributed by atoms with Crippen molar-refractivity contribution in [3.63, 3.8) is 0 Å². The van der Waals surface area contributed by atoms with Gasteiger partial charge in [0.2, 0.25) is 5.91 Å². The summed E-state index contributed by atoms with van der Waals surface area (Å²) in [6, 6.07) is 10.6. The molecule has 0 aliphatic carbocycles. The zero-order valence-corrected chi connectivity index (χ0v) is 15.7. The zero-order valence-electron chi connectivity index (χ0n) is 15.7. The smallest absolute Gasteiger partial charge is 0.223 e. The number of piperidine rings is 1. The van der Waals surface area contributed by atoms with Crippen molar-refractivity contribution in [2.75, 3.05) is 40.3 Å². The van der Waals surface area contributed by atoms with E-state index in [1.807, 2.05) is 0 Å². The molecule has 1 N–H and O–H groups in total. The minimum absolute atomic E-state index is 0.104. The maximum absolute atomic E-state index is 12.5. The largest absolute Gasteiger partial charge is 0.355 e. The highest BCUT2D eigenvalue weighted by atomic mass is 16.1. The third-order valence-electron chi connectivity index (χ3n) is 4.69. The lowest BCUT2D eigenvalue weighted by Gasteiger charge is -2.33. The van der Waals surface area contributed by atoms with Crippen LogP contribution in [-0.4, -0.2) is 56.0 Å². The van der Waals surface area contributed by atoms with Crippen LogP contribution in [0.5, 0.6) is 0 Å². The average molecular weight is 332 g/mol. The van der Waals surface area contributed by atoms with Gasteiger partial charge in [-0.2, -0.15) is 0 Å². The lowest BCUT2D eigenvalue weighted by molar-refractivity contribution is -0.127. The van der Waals surface area contributed by atoms with Crippen molar-refractivity contribution in [3.8, 4) is 0 Å². The first kappa shape index (κ1) is 18.9. The molecule has 4 nitrogen and oxygen atoms in total. The third-order valence-corrected chi connectivity index (χ3v) is 4.69. The number of likely N-dealkylation sites (tertiary alicyclic amines) is 1. The Morgan fingerprint density at radius 1 is 1.21 bits per heavy atom. The van der Waals surface area contributed by atoms with Crippen molar-refractivity contribution in [1.29, 1.82) is 0 Å². The van der Waals surface area contributed by atoms with Crippen molar-refractivity contribution in [2.24, 2.45) is 11.3 Å². The molecule has 4 heteroatoms. The maximum atomic E-state index is 12.5. The molecule has 0 atom stereocenters. The molecule has 0 radical (unpaired) electrons. The standard InChI is InChI=1S/C20H33N3O/c1-20(2,16-22(3)4)15-21-19(24)18-10-12-23(13-11-18)14-17-8-6-5-7-9-17/h5-9,18H,10-16H2,1-4H3,(H,21,24). The molecule has 1 aromatic rings. The number of hydrogen-bond acceptors (Lipinski definition) is 3. The SMILES string of the molecule is CN(C)CC(C)(C)CNC(=O)C1CCN(Cc2ccccc2)CC1. The minimum Gasteiger partial charge on any atom is -0.355 e. The molecule has 24 heavy (non-hydrogen) atoms. The van der Waals surface area contributed by atoms with Gasteiger partial charge >= 0.3 is 0 Å². The first-order valence-corrected chi connectivity index (χ1v) is 9.04. The predicted molar refractivity (Wildman–Crippen MR) is 99.8 cm³/mol. The van der Waals surface area contributed by atoms with Gasteiger partial charge in [-0.1, -0.05) is 44.2 Å². The van der Waals surface area contributed by atoms with Crippen molar-refractivity contribution in [1.82, 2.24) is 15.1 Å². The van der Waals surface area contributed by atoms with E-state index in [4.69, 9.17) is 0 Å². The van der Waals surface area contributed by atoms with Gasteiger partial charge in [-0.25, -0.2) is 0 Å². The highest BCUT2D eigenvalue weighted by molar-refractivity contribution is 5.78. The number of nitrogens with zero attached hydrogens (tertiary/aromatic N) is 2. The van der Waals surface area contributed by atoms with E-state index in [1.165, 1.54) is 5.56 Å². The van der Waals surface area contributed by atoms with Crippen molar-refractivity contribution >= 4 is 5.91 Å². The zero-order chi connectivity index (χ0) is 17.6. The molecule has 0 saturated carbocycles. The molecule has 1 amide bonds. The summed E-state index contributed by atoms with van der Waals surface area (Å²) in [6.07, 6.45) is 1.93. The van der Waals surface area contributed by atoms with Crippen LogP contribution < -0.4 is 5.32 Å². The van der Waals surface area contributed by atoms with Gasteiger partial charge in [0.1, 0.15) is 0 Å². The van der Waals surface area contributed by atoms with E-state index in [2.05, 4.69) is 73.4 Å². The van der Waals surface area contributed by atoms with Crippen molar-refractivity contribution in [2.45, 2.75) is 33.2 Å². The van der Waals surface area contributed by atoms with Gasteiger partial charge in [-0.05, 0) is 51.0 Å². The van der Waals surface area contributed by atoms with E-state index in [1.54, 1.807) is 0 Å². The molecule has 134 valence electrons. The van der Waals surface area contributed by atoms with Crippen LogP contribution in [0.2, 0.25) is 0 Å². The summed E-state index contributed by atoms with van der Waals surface area (Å²) < 4.78 is 0. The van der Waals surface area contributed by atoms with Crippen LogP contribution in [-0.2, 0) is 11.3 Å². The molecule has 1 saturated heterocycles. The van der Waals surface area contributed by atoms with E-state index in [0.29, 0.717) is 0 Å². The van der Waals surface area contributed by atoms with Gasteiger partial charge in [-0.3, -0.25) is 9.69 Å². The molecule has 1 aliphatic heterocycles. The van der Waals surface area contributed by atoms with Crippen LogP contribution in [0.4, 0.5) is 0 Å². The fraction of sp³-hybridized carbons (Fsp3) is 0.650. The molecule has 0 aromatic heterocycles. The first-order valence-electron chi connectivity index (χ1n) is 9.04. The van der Waals surface area contributed by atoms with Crippen LogP contribution in [0.25, 0.3) is 0 Å². The summed E-state index contributed by atoms with van der Waals surface area (Å²) in [7, 11) is 4.15. The molecule has 1 aromatic carbocycles. The highest BCUT2D eigenvalue weighted by Gasteiger charge is 2.27. The quantitative estimate of drug-likeness (QED) is 0.834. The molecule has 1 heterocycles. The molecular weight excluding hydrogens is 298 g/mol. The summed E-state index contributed by atoms with van der Waals surface area (Å²) in [5, 5.41) is 3.18. The van der Waals surface area contributed by atoms with Crippen LogP contribution in [0.3, 0.4) is 0 Å². The first-order chi connectivity index (χ1) is 11.4. The number of benzene rings is 1. The fourth-order valence-electron chi connectivity index (χ4n) is 3.58. The van der Waals surface area contributed by atoms with Gasteiger partial charge in [0.05, 0.1) is 0 Å². The Hall–Kier alpha value is -1.39. The monoisotopic (exact) mass is 331 g/mol. The second-order valence-corrected chi connectivity index (χ2v) is 8.16. The molecule has 0 unspecified atom stereocenters. The Balaban J connectivity index is 1.72. The summed E-state index contributed by atoms with van der Waals surface area (Å²) in [5.74, 6) is 0.411. The second kappa shape index (κ2) is 8.63. The lowest BCUT2D eigenvalue weighted by Crippen LogP contribution is -2.44. The number of carbonyl (C=O) groups excluding carboxylic acids is 1. The number of hydrogen-bond donors (Lipinski definition) is 1. The summed E-state index contributed by atoms with van der Waals surface area (Å²) in [5.41, 5.74) is 1.46. The Morgan fingerprint density at radius 3 is 2.42 bits per heavy atom. The number of carbonyl (C=O) groups is 1. The van der Waals surface area contributed by atoms with Crippen molar-refractivity contribution < 1.29 is 4.79 Å². The molecule has 1 fully saturated rings. The van der Waals surface area contributed by atoms with E-state index >= 15 is 0 Å². The normalized spacial score (nSPS) is 17.2. The Kier molecular flexibility index (Phi) is 6.81. The number of nitrogens with one attached hydrogen (secondary N) is 1. The average Bonchev–Trinajstić information content (AvgIpc) is 2.53. The summed E-state index contributed by atoms with van der Waals surface area (Å²) in [6.45, 7) is 9.13. The summed E-state index contributed by atoms with van der Waals surface area (Å²) >= 11 is 0. The molecule has 0 bridgehead atoms. The van der Waals surface area contributed by atoms with Gasteiger partial charge < -0.3 is 10.2 Å². The Bertz CT molecular complexity index is 505.